The number of ether oxygens (including phenoxy) is 1. The van der Waals surface area contributed by atoms with Crippen molar-refractivity contribution in [1.82, 2.24) is 15.5 Å². The van der Waals surface area contributed by atoms with Crippen LogP contribution in [0.4, 0.5) is 10.5 Å². The van der Waals surface area contributed by atoms with Crippen molar-refractivity contribution >= 4 is 11.7 Å². The van der Waals surface area contributed by atoms with Crippen molar-refractivity contribution in [1.29, 1.82) is 0 Å². The second-order valence-corrected chi connectivity index (χ2v) is 5.19. The summed E-state index contributed by atoms with van der Waals surface area (Å²) < 4.78 is 10.3. The minimum absolute atomic E-state index is 0.279. The van der Waals surface area contributed by atoms with Gasteiger partial charge in [-0.2, -0.15) is 4.98 Å². The SMILES string of the molecule is COc1cccc(NC(=O)NCCc2noc(C3CC3)n2)c1. The van der Waals surface area contributed by atoms with E-state index in [4.69, 9.17) is 9.26 Å². The molecule has 0 unspecified atom stereocenters. The maximum Gasteiger partial charge on any atom is 0.319 e. The fourth-order valence-electron chi connectivity index (χ4n) is 2.03. The number of carbonyl (C=O) groups is 1. The van der Waals surface area contributed by atoms with Crippen LogP contribution in [0, 0.1) is 0 Å². The molecular formula is C15H18N4O3. The molecule has 1 heterocycles. The molecule has 1 fully saturated rings. The van der Waals surface area contributed by atoms with Crippen molar-refractivity contribution in [2.24, 2.45) is 0 Å². The van der Waals surface area contributed by atoms with Crippen molar-refractivity contribution in [2.75, 3.05) is 19.0 Å². The lowest BCUT2D eigenvalue weighted by atomic mass is 10.3. The van der Waals surface area contributed by atoms with Crippen LogP contribution in [-0.2, 0) is 6.42 Å². The Kier molecular flexibility index (Phi) is 4.22. The van der Waals surface area contributed by atoms with Crippen LogP contribution < -0.4 is 15.4 Å². The number of hydrogen-bond donors (Lipinski definition) is 2. The van der Waals surface area contributed by atoms with Gasteiger partial charge in [-0.15, -0.1) is 0 Å². The van der Waals surface area contributed by atoms with Gasteiger partial charge in [-0.05, 0) is 25.0 Å². The second kappa shape index (κ2) is 6.46. The number of nitrogens with one attached hydrogen (secondary N) is 2. The summed E-state index contributed by atoms with van der Waals surface area (Å²) in [6, 6.07) is 6.90. The summed E-state index contributed by atoms with van der Waals surface area (Å²) in [7, 11) is 1.58. The van der Waals surface area contributed by atoms with Gasteiger partial charge in [0.1, 0.15) is 5.75 Å². The van der Waals surface area contributed by atoms with Gasteiger partial charge in [0.15, 0.2) is 5.82 Å². The summed E-state index contributed by atoms with van der Waals surface area (Å²) in [5.41, 5.74) is 0.674. The minimum Gasteiger partial charge on any atom is -0.497 e. The van der Waals surface area contributed by atoms with Crippen LogP contribution >= 0.6 is 0 Å². The largest absolute Gasteiger partial charge is 0.497 e. The van der Waals surface area contributed by atoms with Crippen LogP contribution in [0.2, 0.25) is 0 Å². The van der Waals surface area contributed by atoms with E-state index in [2.05, 4.69) is 20.8 Å². The number of carbonyl (C=O) groups excluding carboxylic acids is 1. The predicted octanol–water partition coefficient (Wildman–Crippen LogP) is 2.32. The monoisotopic (exact) mass is 302 g/mol. The Balaban J connectivity index is 1.43. The number of amides is 2. The number of anilines is 1. The molecule has 1 aromatic heterocycles. The van der Waals surface area contributed by atoms with Gasteiger partial charge in [-0.25, -0.2) is 4.79 Å². The van der Waals surface area contributed by atoms with Gasteiger partial charge in [0.05, 0.1) is 7.11 Å². The molecule has 116 valence electrons. The number of urea groups is 1. The number of hydrogen-bond acceptors (Lipinski definition) is 5. The zero-order valence-electron chi connectivity index (χ0n) is 12.3. The quantitative estimate of drug-likeness (QED) is 0.854. The average Bonchev–Trinajstić information content (AvgIpc) is 3.27. The Morgan fingerprint density at radius 3 is 3.09 bits per heavy atom. The average molecular weight is 302 g/mol. The van der Waals surface area contributed by atoms with Crippen molar-refractivity contribution in [3.8, 4) is 5.75 Å². The Morgan fingerprint density at radius 1 is 1.45 bits per heavy atom. The van der Waals surface area contributed by atoms with Gasteiger partial charge in [0.25, 0.3) is 0 Å². The van der Waals surface area contributed by atoms with Crippen LogP contribution in [0.25, 0.3) is 0 Å². The first-order valence-electron chi connectivity index (χ1n) is 7.26. The van der Waals surface area contributed by atoms with Gasteiger partial charge in [-0.3, -0.25) is 0 Å². The Bertz CT molecular complexity index is 652. The highest BCUT2D eigenvalue weighted by atomic mass is 16.5. The smallest absolute Gasteiger partial charge is 0.319 e. The summed E-state index contributed by atoms with van der Waals surface area (Å²) in [5.74, 6) is 2.49. The van der Waals surface area contributed by atoms with Gasteiger partial charge in [0, 0.05) is 30.6 Å². The lowest BCUT2D eigenvalue weighted by Crippen LogP contribution is -2.30. The van der Waals surface area contributed by atoms with E-state index in [0.29, 0.717) is 36.1 Å². The van der Waals surface area contributed by atoms with Crippen LogP contribution in [-0.4, -0.2) is 29.8 Å². The third-order valence-corrected chi connectivity index (χ3v) is 3.37. The maximum atomic E-state index is 11.8. The van der Waals surface area contributed by atoms with Crippen molar-refractivity contribution in [2.45, 2.75) is 25.2 Å². The van der Waals surface area contributed by atoms with E-state index in [1.54, 1.807) is 19.2 Å². The summed E-state index contributed by atoms with van der Waals surface area (Å²) >= 11 is 0. The maximum absolute atomic E-state index is 11.8. The third kappa shape index (κ3) is 3.75. The highest BCUT2D eigenvalue weighted by Gasteiger charge is 2.29. The zero-order chi connectivity index (χ0) is 15.4. The molecule has 7 heteroatoms. The number of nitrogens with zero attached hydrogens (tertiary/aromatic N) is 2. The van der Waals surface area contributed by atoms with Crippen molar-refractivity contribution in [3.05, 3.63) is 36.0 Å². The van der Waals surface area contributed by atoms with Gasteiger partial charge >= 0.3 is 6.03 Å². The molecule has 0 saturated heterocycles. The molecule has 0 aliphatic heterocycles. The predicted molar refractivity (Wildman–Crippen MR) is 80.0 cm³/mol. The topological polar surface area (TPSA) is 89.3 Å². The summed E-state index contributed by atoms with van der Waals surface area (Å²) in [6.07, 6.45) is 2.80. The van der Waals surface area contributed by atoms with E-state index in [1.807, 2.05) is 12.1 Å². The standard InChI is InChI=1S/C15H18N4O3/c1-21-12-4-2-3-11(9-12)17-15(20)16-8-7-13-18-14(22-19-13)10-5-6-10/h2-4,9-10H,5-8H2,1H3,(H2,16,17,20). The third-order valence-electron chi connectivity index (χ3n) is 3.37. The van der Waals surface area contributed by atoms with E-state index >= 15 is 0 Å². The first kappa shape index (κ1) is 14.4. The highest BCUT2D eigenvalue weighted by Crippen LogP contribution is 2.38. The molecule has 0 atom stereocenters. The molecule has 3 rings (SSSR count). The zero-order valence-corrected chi connectivity index (χ0v) is 12.3. The van der Waals surface area contributed by atoms with Crippen LogP contribution in [0.3, 0.4) is 0 Å². The second-order valence-electron chi connectivity index (χ2n) is 5.19. The molecule has 0 bridgehead atoms. The molecule has 1 saturated carbocycles. The summed E-state index contributed by atoms with van der Waals surface area (Å²) in [5, 5.41) is 9.41. The molecule has 0 radical (unpaired) electrons. The molecule has 1 aromatic carbocycles. The van der Waals surface area contributed by atoms with E-state index in [1.165, 1.54) is 0 Å². The van der Waals surface area contributed by atoms with Crippen LogP contribution in [0.5, 0.6) is 5.75 Å². The van der Waals surface area contributed by atoms with Crippen molar-refractivity contribution in [3.63, 3.8) is 0 Å². The molecule has 1 aliphatic rings. The molecule has 1 aliphatic carbocycles. The fraction of sp³-hybridized carbons (Fsp3) is 0.400. The molecule has 7 nitrogen and oxygen atoms in total. The van der Waals surface area contributed by atoms with E-state index in [0.717, 1.165) is 18.7 Å². The first-order chi connectivity index (χ1) is 10.7. The number of aromatic nitrogens is 2. The van der Waals surface area contributed by atoms with Gasteiger partial charge in [-0.1, -0.05) is 11.2 Å². The molecule has 0 spiro atoms. The fourth-order valence-corrected chi connectivity index (χ4v) is 2.03. The molecule has 2 N–H and O–H groups in total. The normalized spacial score (nSPS) is 13.7. The number of methoxy groups -OCH3 is 1. The molecule has 2 aromatic rings. The summed E-state index contributed by atoms with van der Waals surface area (Å²) in [6.45, 7) is 0.444. The minimum atomic E-state index is -0.279. The lowest BCUT2D eigenvalue weighted by Gasteiger charge is -2.07. The van der Waals surface area contributed by atoms with E-state index in [-0.39, 0.29) is 6.03 Å². The molecule has 2 amide bonds. The molecular weight excluding hydrogens is 284 g/mol. The van der Waals surface area contributed by atoms with E-state index in [9.17, 15) is 4.79 Å². The Hall–Kier alpha value is -2.57. The van der Waals surface area contributed by atoms with Gasteiger partial charge < -0.3 is 19.9 Å². The summed E-state index contributed by atoms with van der Waals surface area (Å²) in [4.78, 5) is 16.1. The first-order valence-corrected chi connectivity index (χ1v) is 7.26. The van der Waals surface area contributed by atoms with Gasteiger partial charge in [0.2, 0.25) is 5.89 Å². The number of benzene rings is 1. The highest BCUT2D eigenvalue weighted by molar-refractivity contribution is 5.89. The Morgan fingerprint density at radius 2 is 2.32 bits per heavy atom. The number of rotatable bonds is 6. The van der Waals surface area contributed by atoms with Crippen LogP contribution in [0.15, 0.2) is 28.8 Å². The Labute approximate surface area is 128 Å². The van der Waals surface area contributed by atoms with E-state index < -0.39 is 0 Å². The lowest BCUT2D eigenvalue weighted by molar-refractivity contribution is 0.252. The van der Waals surface area contributed by atoms with Crippen molar-refractivity contribution < 1.29 is 14.1 Å². The molecule has 22 heavy (non-hydrogen) atoms. The van der Waals surface area contributed by atoms with Crippen LogP contribution in [0.1, 0.15) is 30.5 Å².